The van der Waals surface area contributed by atoms with Crippen LogP contribution in [0.4, 0.5) is 0 Å². The van der Waals surface area contributed by atoms with E-state index in [-0.39, 0.29) is 0 Å². The van der Waals surface area contributed by atoms with Gasteiger partial charge in [-0.2, -0.15) is 0 Å². The standard InChI is InChI=1S/C11H20N2O2/c1-4-5-11(12(3)10(2)14)13-6-8-15-9-7-13/h4-5,10,14H,1,6-9H2,2-3H3/b11-5+. The smallest absolute Gasteiger partial charge is 0.124 e. The van der Waals surface area contributed by atoms with Gasteiger partial charge in [0.1, 0.15) is 12.0 Å². The molecule has 0 spiro atoms. The summed E-state index contributed by atoms with van der Waals surface area (Å²) in [5, 5.41) is 9.54. The molecule has 1 N–H and O–H groups in total. The van der Waals surface area contributed by atoms with Crippen LogP contribution in [0.15, 0.2) is 24.6 Å². The summed E-state index contributed by atoms with van der Waals surface area (Å²) >= 11 is 0. The van der Waals surface area contributed by atoms with Crippen LogP contribution < -0.4 is 0 Å². The maximum atomic E-state index is 9.54. The highest BCUT2D eigenvalue weighted by molar-refractivity contribution is 5.09. The predicted molar refractivity (Wildman–Crippen MR) is 60.1 cm³/mol. The van der Waals surface area contributed by atoms with Gasteiger partial charge in [0.15, 0.2) is 0 Å². The maximum absolute atomic E-state index is 9.54. The van der Waals surface area contributed by atoms with Gasteiger partial charge in [-0.1, -0.05) is 12.7 Å². The fraction of sp³-hybridized carbons (Fsp3) is 0.636. The number of ether oxygens (including phenoxy) is 1. The van der Waals surface area contributed by atoms with E-state index in [4.69, 9.17) is 4.74 Å². The van der Waals surface area contributed by atoms with Crippen molar-refractivity contribution in [1.29, 1.82) is 0 Å². The summed E-state index contributed by atoms with van der Waals surface area (Å²) in [6.07, 6.45) is 3.15. The average Bonchev–Trinajstić information content (AvgIpc) is 2.26. The number of allylic oxidation sites excluding steroid dienone is 2. The molecule has 1 aliphatic heterocycles. The van der Waals surface area contributed by atoms with E-state index < -0.39 is 6.23 Å². The van der Waals surface area contributed by atoms with E-state index in [1.54, 1.807) is 13.0 Å². The fourth-order valence-electron chi connectivity index (χ4n) is 1.54. The SMILES string of the molecule is C=C/C=C(/N1CCOCC1)N(C)C(C)O. The lowest BCUT2D eigenvalue weighted by atomic mass is 10.3. The molecule has 1 heterocycles. The van der Waals surface area contributed by atoms with Crippen molar-refractivity contribution >= 4 is 0 Å². The number of hydrogen-bond donors (Lipinski definition) is 1. The number of aliphatic hydroxyl groups is 1. The van der Waals surface area contributed by atoms with Crippen LogP contribution in [-0.2, 0) is 4.74 Å². The Morgan fingerprint density at radius 3 is 2.60 bits per heavy atom. The number of morpholine rings is 1. The molecule has 1 unspecified atom stereocenters. The van der Waals surface area contributed by atoms with E-state index in [0.717, 1.165) is 32.1 Å². The molecule has 4 nitrogen and oxygen atoms in total. The lowest BCUT2D eigenvalue weighted by Crippen LogP contribution is -2.43. The van der Waals surface area contributed by atoms with Crippen molar-refractivity contribution in [1.82, 2.24) is 9.80 Å². The summed E-state index contributed by atoms with van der Waals surface area (Å²) < 4.78 is 5.29. The molecule has 0 aromatic rings. The number of aliphatic hydroxyl groups excluding tert-OH is 1. The summed E-state index contributed by atoms with van der Waals surface area (Å²) in [4.78, 5) is 4.02. The molecule has 86 valence electrons. The summed E-state index contributed by atoms with van der Waals surface area (Å²) in [7, 11) is 1.87. The molecule has 0 aromatic heterocycles. The summed E-state index contributed by atoms with van der Waals surface area (Å²) in [5.74, 6) is 0.989. The first-order chi connectivity index (χ1) is 7.16. The first-order valence-electron chi connectivity index (χ1n) is 5.23. The Kier molecular flexibility index (Phi) is 4.65. The van der Waals surface area contributed by atoms with Gasteiger partial charge in [0.2, 0.25) is 0 Å². The van der Waals surface area contributed by atoms with Gasteiger partial charge in [-0.05, 0) is 13.0 Å². The normalized spacial score (nSPS) is 19.9. The third-order valence-electron chi connectivity index (χ3n) is 2.52. The molecule has 1 aliphatic rings. The van der Waals surface area contributed by atoms with E-state index in [1.165, 1.54) is 0 Å². The molecule has 0 amide bonds. The Labute approximate surface area is 91.4 Å². The van der Waals surface area contributed by atoms with Gasteiger partial charge in [0.25, 0.3) is 0 Å². The molecule has 0 aromatic carbocycles. The molecule has 0 bridgehead atoms. The van der Waals surface area contributed by atoms with Gasteiger partial charge in [0, 0.05) is 20.1 Å². The first-order valence-corrected chi connectivity index (χ1v) is 5.23. The molecule has 15 heavy (non-hydrogen) atoms. The lowest BCUT2D eigenvalue weighted by molar-refractivity contribution is 0.00321. The van der Waals surface area contributed by atoms with Crippen LogP contribution in [0.3, 0.4) is 0 Å². The van der Waals surface area contributed by atoms with Crippen LogP contribution in [0, 0.1) is 0 Å². The average molecular weight is 212 g/mol. The molecular formula is C11H20N2O2. The van der Waals surface area contributed by atoms with Crippen molar-refractivity contribution in [3.8, 4) is 0 Å². The summed E-state index contributed by atoms with van der Waals surface area (Å²) in [6.45, 7) is 8.63. The Bertz CT molecular complexity index is 233. The topological polar surface area (TPSA) is 35.9 Å². The number of nitrogens with zero attached hydrogens (tertiary/aromatic N) is 2. The van der Waals surface area contributed by atoms with E-state index >= 15 is 0 Å². The Balaban J connectivity index is 2.72. The predicted octanol–water partition coefficient (Wildman–Crippen LogP) is 0.616. The molecule has 0 radical (unpaired) electrons. The van der Waals surface area contributed by atoms with Crippen molar-refractivity contribution in [2.24, 2.45) is 0 Å². The minimum atomic E-state index is -0.501. The van der Waals surface area contributed by atoms with E-state index in [9.17, 15) is 5.11 Å². The molecule has 1 atom stereocenters. The Hall–Kier alpha value is -1.00. The van der Waals surface area contributed by atoms with Crippen LogP contribution in [-0.4, -0.2) is 54.5 Å². The van der Waals surface area contributed by atoms with Crippen LogP contribution in [0.1, 0.15) is 6.92 Å². The third kappa shape index (κ3) is 3.25. The van der Waals surface area contributed by atoms with E-state index in [0.29, 0.717) is 0 Å². The summed E-state index contributed by atoms with van der Waals surface area (Å²) in [6, 6.07) is 0. The number of rotatable bonds is 4. The lowest BCUT2D eigenvalue weighted by Gasteiger charge is -2.37. The van der Waals surface area contributed by atoms with Gasteiger partial charge in [-0.15, -0.1) is 0 Å². The van der Waals surface area contributed by atoms with Crippen molar-refractivity contribution < 1.29 is 9.84 Å². The highest BCUT2D eigenvalue weighted by Crippen LogP contribution is 2.13. The molecule has 1 fully saturated rings. The van der Waals surface area contributed by atoms with Crippen LogP contribution in [0.25, 0.3) is 0 Å². The van der Waals surface area contributed by atoms with Gasteiger partial charge in [-0.25, -0.2) is 0 Å². The van der Waals surface area contributed by atoms with Gasteiger partial charge >= 0.3 is 0 Å². The van der Waals surface area contributed by atoms with Gasteiger partial charge in [-0.3, -0.25) is 0 Å². The largest absolute Gasteiger partial charge is 0.378 e. The molecule has 0 saturated carbocycles. The minimum Gasteiger partial charge on any atom is -0.378 e. The molecule has 4 heteroatoms. The minimum absolute atomic E-state index is 0.501. The fourth-order valence-corrected chi connectivity index (χ4v) is 1.54. The molecular weight excluding hydrogens is 192 g/mol. The third-order valence-corrected chi connectivity index (χ3v) is 2.52. The van der Waals surface area contributed by atoms with Crippen LogP contribution in [0.2, 0.25) is 0 Å². The molecule has 0 aliphatic carbocycles. The van der Waals surface area contributed by atoms with Crippen molar-refractivity contribution in [3.63, 3.8) is 0 Å². The first kappa shape index (κ1) is 12.1. The zero-order valence-corrected chi connectivity index (χ0v) is 9.52. The van der Waals surface area contributed by atoms with Crippen LogP contribution >= 0.6 is 0 Å². The Morgan fingerprint density at radius 2 is 2.13 bits per heavy atom. The monoisotopic (exact) mass is 212 g/mol. The second kappa shape index (κ2) is 5.78. The van der Waals surface area contributed by atoms with Crippen molar-refractivity contribution in [2.45, 2.75) is 13.2 Å². The quantitative estimate of drug-likeness (QED) is 0.547. The molecule has 1 rings (SSSR count). The maximum Gasteiger partial charge on any atom is 0.124 e. The zero-order valence-electron chi connectivity index (χ0n) is 9.52. The van der Waals surface area contributed by atoms with Crippen molar-refractivity contribution in [2.75, 3.05) is 33.4 Å². The summed E-state index contributed by atoms with van der Waals surface area (Å²) in [5.41, 5.74) is 0. The van der Waals surface area contributed by atoms with Crippen molar-refractivity contribution in [3.05, 3.63) is 24.6 Å². The van der Waals surface area contributed by atoms with Crippen LogP contribution in [0.5, 0.6) is 0 Å². The zero-order chi connectivity index (χ0) is 11.3. The van der Waals surface area contributed by atoms with Gasteiger partial charge < -0.3 is 19.6 Å². The second-order valence-electron chi connectivity index (χ2n) is 3.60. The number of hydrogen-bond acceptors (Lipinski definition) is 4. The van der Waals surface area contributed by atoms with E-state index in [2.05, 4.69) is 11.5 Å². The Morgan fingerprint density at radius 1 is 1.53 bits per heavy atom. The highest BCUT2D eigenvalue weighted by Gasteiger charge is 2.18. The van der Waals surface area contributed by atoms with Gasteiger partial charge in [0.05, 0.1) is 13.2 Å². The second-order valence-corrected chi connectivity index (χ2v) is 3.60. The highest BCUT2D eigenvalue weighted by atomic mass is 16.5. The van der Waals surface area contributed by atoms with E-state index in [1.807, 2.05) is 18.0 Å². The molecule has 1 saturated heterocycles.